The van der Waals surface area contributed by atoms with Crippen LogP contribution in [0.25, 0.3) is 16.8 Å². The van der Waals surface area contributed by atoms with Crippen molar-refractivity contribution < 1.29 is 9.84 Å². The number of aliphatic hydroxyl groups is 1. The number of hydrogen-bond donors (Lipinski definition) is 2. The second-order valence-corrected chi connectivity index (χ2v) is 7.95. The first-order chi connectivity index (χ1) is 12.6. The van der Waals surface area contributed by atoms with Gasteiger partial charge in [0.05, 0.1) is 17.8 Å². The van der Waals surface area contributed by atoms with Gasteiger partial charge in [0.2, 0.25) is 0 Å². The molecule has 2 N–H and O–H groups in total. The summed E-state index contributed by atoms with van der Waals surface area (Å²) in [5, 5.41) is 22.3. The van der Waals surface area contributed by atoms with Crippen molar-refractivity contribution in [1.29, 1.82) is 5.41 Å². The van der Waals surface area contributed by atoms with Gasteiger partial charge in [-0.2, -0.15) is 0 Å². The zero-order chi connectivity index (χ0) is 18.1. The van der Waals surface area contributed by atoms with Gasteiger partial charge in [0, 0.05) is 35.7 Å². The van der Waals surface area contributed by atoms with E-state index in [1.807, 2.05) is 34.5 Å². The van der Waals surface area contributed by atoms with E-state index in [-0.39, 0.29) is 5.76 Å². The number of aromatic nitrogens is 1. The van der Waals surface area contributed by atoms with Crippen molar-refractivity contribution in [1.82, 2.24) is 9.88 Å². The molecule has 7 heteroatoms. The maximum Gasteiger partial charge on any atom is 0.135 e. The molecule has 0 radical (unpaired) electrons. The van der Waals surface area contributed by atoms with Crippen molar-refractivity contribution in [2.75, 3.05) is 26.3 Å². The maximum absolute atomic E-state index is 10.5. The summed E-state index contributed by atoms with van der Waals surface area (Å²) < 4.78 is 5.41. The lowest BCUT2D eigenvalue weighted by Gasteiger charge is -2.28. The van der Waals surface area contributed by atoms with Gasteiger partial charge in [-0.05, 0) is 30.9 Å². The van der Waals surface area contributed by atoms with Gasteiger partial charge in [-0.15, -0.1) is 11.3 Å². The topological polar surface area (TPSA) is 69.4 Å². The van der Waals surface area contributed by atoms with Gasteiger partial charge in [0.25, 0.3) is 0 Å². The summed E-state index contributed by atoms with van der Waals surface area (Å²) in [6, 6.07) is 7.51. The Kier molecular flexibility index (Phi) is 4.98. The van der Waals surface area contributed by atoms with Gasteiger partial charge < -0.3 is 14.7 Å². The number of rotatable bonds is 4. The molecule has 5 nitrogen and oxygen atoms in total. The molecule has 0 unspecified atom stereocenters. The Labute approximate surface area is 161 Å². The number of halogens is 1. The molecule has 4 rings (SSSR count). The Bertz CT molecular complexity index is 841. The van der Waals surface area contributed by atoms with Gasteiger partial charge >= 0.3 is 0 Å². The summed E-state index contributed by atoms with van der Waals surface area (Å²) in [5.74, 6) is 1.11. The fraction of sp³-hybridized carbons (Fsp3) is 0.368. The average Bonchev–Trinajstić information content (AvgIpc) is 3.22. The molecule has 0 saturated carbocycles. The Morgan fingerprint density at radius 2 is 2.00 bits per heavy atom. The quantitative estimate of drug-likeness (QED) is 0.810. The predicted molar refractivity (Wildman–Crippen MR) is 105 cm³/mol. The Morgan fingerprint density at radius 1 is 1.27 bits per heavy atom. The summed E-state index contributed by atoms with van der Waals surface area (Å²) >= 11 is 7.39. The molecular formula is C19H20ClN3O2S. The molecule has 0 spiro atoms. The molecule has 0 atom stereocenters. The third kappa shape index (κ3) is 3.49. The Morgan fingerprint density at radius 3 is 2.73 bits per heavy atom. The van der Waals surface area contributed by atoms with Crippen molar-refractivity contribution in [3.05, 3.63) is 45.4 Å². The first kappa shape index (κ1) is 17.5. The monoisotopic (exact) mass is 389 g/mol. The third-order valence-electron chi connectivity index (χ3n) is 4.86. The fourth-order valence-electron chi connectivity index (χ4n) is 3.40. The van der Waals surface area contributed by atoms with Gasteiger partial charge in [0.15, 0.2) is 0 Å². The highest BCUT2D eigenvalue weighted by molar-refractivity contribution is 7.11. The average molecular weight is 390 g/mol. The molecule has 2 aromatic rings. The molecular weight excluding hydrogens is 370 g/mol. The molecule has 0 amide bonds. The molecule has 26 heavy (non-hydrogen) atoms. The predicted octanol–water partition coefficient (Wildman–Crippen LogP) is 4.45. The summed E-state index contributed by atoms with van der Waals surface area (Å²) in [5.41, 5.74) is 2.36. The molecule has 1 aromatic heterocycles. The van der Waals surface area contributed by atoms with Gasteiger partial charge in [-0.3, -0.25) is 5.41 Å². The number of hydrogen-bond acceptors (Lipinski definition) is 5. The van der Waals surface area contributed by atoms with Crippen LogP contribution in [-0.4, -0.2) is 47.1 Å². The molecule has 3 heterocycles. The molecule has 136 valence electrons. The number of nitrogens with zero attached hydrogens (tertiary/aromatic N) is 2. The zero-order valence-electron chi connectivity index (χ0n) is 14.2. The van der Waals surface area contributed by atoms with E-state index in [9.17, 15) is 5.11 Å². The zero-order valence-corrected chi connectivity index (χ0v) is 15.8. The Hall–Kier alpha value is -1.89. The lowest BCUT2D eigenvalue weighted by Crippen LogP contribution is -2.34. The lowest BCUT2D eigenvalue weighted by atomic mass is 10.00. The van der Waals surface area contributed by atoms with E-state index < -0.39 is 0 Å². The number of thiazole rings is 1. The number of aliphatic hydroxyl groups excluding tert-OH is 1. The summed E-state index contributed by atoms with van der Waals surface area (Å²) in [6.45, 7) is 2.75. The van der Waals surface area contributed by atoms with Crippen LogP contribution in [0.2, 0.25) is 5.02 Å². The van der Waals surface area contributed by atoms with Crippen LogP contribution < -0.4 is 0 Å². The van der Waals surface area contributed by atoms with Crippen molar-refractivity contribution in [3.8, 4) is 11.3 Å². The van der Waals surface area contributed by atoms with Crippen molar-refractivity contribution >= 4 is 34.3 Å². The first-order valence-electron chi connectivity index (χ1n) is 8.67. The standard InChI is InChI=1S/C19H20ClN3O2S/c20-14-3-1-13(2-4-14)15-11-26-19(22-15)17-16(24)10-23(18(17)21)9-12-5-7-25-8-6-12/h1-4,11-12,21,24H,5-10H2. The maximum atomic E-state index is 10.5. The largest absolute Gasteiger partial charge is 0.510 e. The minimum atomic E-state index is 0.235. The van der Waals surface area contributed by atoms with Crippen molar-refractivity contribution in [3.63, 3.8) is 0 Å². The fourth-order valence-corrected chi connectivity index (χ4v) is 4.42. The van der Waals surface area contributed by atoms with Crippen LogP contribution in [-0.2, 0) is 4.74 Å². The Balaban J connectivity index is 1.51. The van der Waals surface area contributed by atoms with E-state index in [2.05, 4.69) is 4.98 Å². The van der Waals surface area contributed by atoms with E-state index >= 15 is 0 Å². The molecule has 1 saturated heterocycles. The number of ether oxygens (including phenoxy) is 1. The van der Waals surface area contributed by atoms with E-state index in [0.717, 1.165) is 43.9 Å². The molecule has 0 aliphatic carbocycles. The minimum Gasteiger partial charge on any atom is -0.510 e. The van der Waals surface area contributed by atoms with E-state index in [0.29, 0.717) is 33.9 Å². The normalized spacial score (nSPS) is 18.8. The second-order valence-electron chi connectivity index (χ2n) is 6.65. The van der Waals surface area contributed by atoms with Crippen LogP contribution in [0, 0.1) is 11.3 Å². The van der Waals surface area contributed by atoms with Gasteiger partial charge in [-0.1, -0.05) is 23.7 Å². The molecule has 0 bridgehead atoms. The lowest BCUT2D eigenvalue weighted by molar-refractivity contribution is 0.0600. The number of nitrogens with one attached hydrogen (secondary N) is 1. The van der Waals surface area contributed by atoms with Crippen molar-refractivity contribution in [2.45, 2.75) is 12.8 Å². The smallest absolute Gasteiger partial charge is 0.135 e. The van der Waals surface area contributed by atoms with Crippen LogP contribution in [0.15, 0.2) is 35.4 Å². The number of benzene rings is 1. The second kappa shape index (κ2) is 7.39. The number of amidine groups is 1. The van der Waals surface area contributed by atoms with E-state index in [1.54, 1.807) is 0 Å². The van der Waals surface area contributed by atoms with Gasteiger partial charge in [0.1, 0.15) is 16.6 Å². The van der Waals surface area contributed by atoms with Crippen LogP contribution in [0.4, 0.5) is 0 Å². The van der Waals surface area contributed by atoms with Crippen molar-refractivity contribution in [2.24, 2.45) is 5.92 Å². The molecule has 1 fully saturated rings. The highest BCUT2D eigenvalue weighted by Crippen LogP contribution is 2.33. The minimum absolute atomic E-state index is 0.235. The first-order valence-corrected chi connectivity index (χ1v) is 9.93. The third-order valence-corrected chi connectivity index (χ3v) is 5.97. The van der Waals surface area contributed by atoms with Crippen LogP contribution in [0.5, 0.6) is 0 Å². The highest BCUT2D eigenvalue weighted by Gasteiger charge is 2.32. The van der Waals surface area contributed by atoms with Crippen LogP contribution in [0.3, 0.4) is 0 Å². The summed E-state index contributed by atoms with van der Waals surface area (Å²) in [7, 11) is 0. The SMILES string of the molecule is N=C1C(c2nc(-c3ccc(Cl)cc3)cs2)=C(O)CN1CC1CCOCC1. The molecule has 2 aliphatic heterocycles. The van der Waals surface area contributed by atoms with Gasteiger partial charge in [-0.25, -0.2) is 4.98 Å². The van der Waals surface area contributed by atoms with E-state index in [4.69, 9.17) is 21.7 Å². The van der Waals surface area contributed by atoms with E-state index in [1.165, 1.54) is 11.3 Å². The molecule has 2 aliphatic rings. The molecule has 1 aromatic carbocycles. The highest BCUT2D eigenvalue weighted by atomic mass is 35.5. The summed E-state index contributed by atoms with van der Waals surface area (Å²) in [4.78, 5) is 6.59. The van der Waals surface area contributed by atoms with Crippen LogP contribution >= 0.6 is 22.9 Å². The van der Waals surface area contributed by atoms with Crippen LogP contribution in [0.1, 0.15) is 17.8 Å². The summed E-state index contributed by atoms with van der Waals surface area (Å²) in [6.07, 6.45) is 2.02.